The number of hydrogen-bond donors (Lipinski definition) is 0. The molecule has 0 heterocycles. The molecule has 38 heteroatoms. The zero-order chi connectivity index (χ0) is 47.1. The quantitative estimate of drug-likeness (QED) is 0.0551. The number of nitrogens with zero attached hydrogens (tertiary/aromatic N) is 6. The largest absolute Gasteiger partial charge is 2.00 e. The summed E-state index contributed by atoms with van der Waals surface area (Å²) in [6.07, 6.45) is 0. The Morgan fingerprint density at radius 2 is 0.250 bits per heavy atom. The monoisotopic (exact) mass is 1120 g/mol. The molecule has 0 bridgehead atoms. The third-order valence-electron chi connectivity index (χ3n) is 6.43. The Balaban J connectivity index is -0.0000000752. The molecule has 0 amide bonds. The van der Waals surface area contributed by atoms with E-state index in [-0.39, 0.29) is 308 Å². The van der Waals surface area contributed by atoms with Crippen LogP contribution in [0.2, 0.25) is 0 Å². The van der Waals surface area contributed by atoms with Crippen molar-refractivity contribution in [2.75, 3.05) is 118 Å². The van der Waals surface area contributed by atoms with Crippen LogP contribution in [0.5, 0.6) is 0 Å². The number of carbonyl (C=O) groups excluding carboxylic acids is 12. The number of aliphatic carboxylic acids is 12. The minimum atomic E-state index is -1.53. The van der Waals surface area contributed by atoms with Crippen LogP contribution in [-0.2, 0) is 57.5 Å². The fraction of sp³-hybridized carbons (Fsp3) is 0.600. The molecule has 68 heavy (non-hydrogen) atoms. The van der Waals surface area contributed by atoms with E-state index in [4.69, 9.17) is 0 Å². The van der Waals surface area contributed by atoms with Gasteiger partial charge in [-0.2, -0.15) is 0 Å². The van der Waals surface area contributed by atoms with Crippen LogP contribution >= 0.6 is 0 Å². The Morgan fingerprint density at radius 1 is 0.191 bits per heavy atom. The van der Waals surface area contributed by atoms with E-state index in [1.165, 1.54) is 0 Å². The third kappa shape index (κ3) is 72.7. The smallest absolute Gasteiger partial charge is 0.549 e. The molecule has 0 aromatic rings. The van der Waals surface area contributed by atoms with E-state index in [0.29, 0.717) is 0 Å². The molecule has 0 N–H and O–H groups in total. The van der Waals surface area contributed by atoms with Crippen molar-refractivity contribution in [3.05, 3.63) is 0 Å². The van der Waals surface area contributed by atoms with Crippen LogP contribution in [0.4, 0.5) is 0 Å². The maximum Gasteiger partial charge on any atom is 2.00 e. The van der Waals surface area contributed by atoms with Crippen molar-refractivity contribution in [3.63, 3.8) is 0 Å². The van der Waals surface area contributed by atoms with E-state index >= 15 is 0 Å². The van der Waals surface area contributed by atoms with Crippen LogP contribution in [0.25, 0.3) is 0 Å². The first-order chi connectivity index (χ1) is 27.6. The van der Waals surface area contributed by atoms with Crippen LogP contribution in [-0.4, -0.2) is 370 Å². The van der Waals surface area contributed by atoms with Gasteiger partial charge in [-0.25, -0.2) is 0 Å². The number of carboxylic acids is 12. The number of carbonyl (C=O) groups is 12. The minimum absolute atomic E-state index is 0. The maximum atomic E-state index is 10.4. The van der Waals surface area contributed by atoms with Crippen molar-refractivity contribution in [2.45, 2.75) is 0 Å². The summed E-state index contributed by atoms with van der Waals surface area (Å²) in [5, 5.41) is 125. The number of carboxylic acid groups (broad SMARTS) is 12. The van der Waals surface area contributed by atoms with Crippen LogP contribution in [0.1, 0.15) is 0 Å². The summed E-state index contributed by atoms with van der Waals surface area (Å²) >= 11 is 0. The molecule has 0 aliphatic rings. The molecule has 0 aliphatic carbocycles. The summed E-state index contributed by atoms with van der Waals surface area (Å²) in [7, 11) is 0. The Kier molecular flexibility index (Phi) is 83.0. The second-order valence-electron chi connectivity index (χ2n) is 11.7. The van der Waals surface area contributed by atoms with E-state index in [1.807, 2.05) is 0 Å². The van der Waals surface area contributed by atoms with Gasteiger partial charge in [0.2, 0.25) is 0 Å². The molecule has 30 nitrogen and oxygen atoms in total. The van der Waals surface area contributed by atoms with Gasteiger partial charge >= 0.3 is 269 Å². The van der Waals surface area contributed by atoms with E-state index in [1.54, 1.807) is 0 Å². The van der Waals surface area contributed by atoms with Crippen molar-refractivity contribution in [3.8, 4) is 0 Å². The van der Waals surface area contributed by atoms with Gasteiger partial charge in [0.05, 0.1) is 71.6 Å². The van der Waals surface area contributed by atoms with Gasteiger partial charge < -0.3 is 119 Å². The molecule has 0 radical (unpaired) electrons. The molecule has 0 aromatic carbocycles. The summed E-state index contributed by atoms with van der Waals surface area (Å²) in [5.41, 5.74) is 0. The normalized spacial score (nSPS) is 9.44. The van der Waals surface area contributed by atoms with Gasteiger partial charge in [0, 0.05) is 118 Å². The van der Waals surface area contributed by atoms with E-state index in [9.17, 15) is 119 Å². The Morgan fingerprint density at radius 3 is 0.294 bits per heavy atom. The summed E-state index contributed by atoms with van der Waals surface area (Å²) in [5.74, 6) is -18.4. The average molecular weight is 1120 g/mol. The van der Waals surface area contributed by atoms with Gasteiger partial charge in [-0.3, -0.25) is 29.4 Å². The zero-order valence-corrected chi connectivity index (χ0v) is 54.9. The van der Waals surface area contributed by atoms with E-state index < -0.39 is 150 Å². The summed E-state index contributed by atoms with van der Waals surface area (Å²) < 4.78 is 0. The average Bonchev–Trinajstić information content (AvgIpc) is 3.02. The standard InChI is InChI=1S/3C10H16N2O8.4Ca.4Na/c3*13-7(14)3-11(4-8(15)16)1-2-12(5-9(17)18)6-10(19)20;;;;;;;;/h3*1-6H2,(H,13,14)(H,15,16)(H,17,18)(H,19,20);;;;;;;;/q;;;4*+2;4*+1/p-12. The topological polar surface area (TPSA) is 501 Å². The van der Waals surface area contributed by atoms with Crippen molar-refractivity contribution in [1.82, 2.24) is 29.4 Å². The molecule has 0 saturated carbocycles. The van der Waals surface area contributed by atoms with Crippen LogP contribution in [0, 0.1) is 0 Å². The Bertz CT molecular complexity index is 1160. The third-order valence-corrected chi connectivity index (χ3v) is 6.43. The predicted octanol–water partition coefficient (Wildman–Crippen LogP) is -35.7. The maximum absolute atomic E-state index is 10.4. The first-order valence-corrected chi connectivity index (χ1v) is 16.3. The fourth-order valence-electron chi connectivity index (χ4n) is 4.32. The molecule has 0 aliphatic heterocycles. The Labute approximate surface area is 595 Å². The molecule has 0 rings (SSSR count). The summed E-state index contributed by atoms with van der Waals surface area (Å²) in [6, 6.07) is 0. The van der Waals surface area contributed by atoms with Crippen molar-refractivity contribution >= 4 is 223 Å². The Hall–Kier alpha value is 2.44. The SMILES string of the molecule is O=C([O-])CN(CCN(CC(=O)[O-])CC(=O)[O-])CC(=O)[O-].O=C([O-])CN(CCN(CC(=O)[O-])CC(=O)[O-])CC(=O)[O-].O=C([O-])CN(CCN(CC(=O)[O-])CC(=O)[O-])CC(=O)[O-].[Ca+2].[Ca+2].[Ca+2].[Ca+2].[Na+].[Na+].[Na+].[Na+]. The van der Waals surface area contributed by atoms with Gasteiger partial charge in [-0.1, -0.05) is 0 Å². The van der Waals surface area contributed by atoms with Crippen molar-refractivity contribution < 1.29 is 237 Å². The van der Waals surface area contributed by atoms with Crippen molar-refractivity contribution in [1.29, 1.82) is 0 Å². The molecule has 0 spiro atoms. The van der Waals surface area contributed by atoms with Gasteiger partial charge in [-0.15, -0.1) is 0 Å². The molecule has 0 fully saturated rings. The fourth-order valence-corrected chi connectivity index (χ4v) is 4.32. The first-order valence-electron chi connectivity index (χ1n) is 16.3. The molecular weight excluding hydrogens is 1080 g/mol. The van der Waals surface area contributed by atoms with E-state index in [2.05, 4.69) is 0 Å². The minimum Gasteiger partial charge on any atom is -0.549 e. The molecule has 342 valence electrons. The van der Waals surface area contributed by atoms with Gasteiger partial charge in [-0.05, 0) is 0 Å². The molecule has 0 aromatic heterocycles. The van der Waals surface area contributed by atoms with Crippen LogP contribution in [0.15, 0.2) is 0 Å². The second-order valence-corrected chi connectivity index (χ2v) is 11.7. The van der Waals surface area contributed by atoms with Gasteiger partial charge in [0.1, 0.15) is 0 Å². The first kappa shape index (κ1) is 96.1. The number of rotatable bonds is 33. The second kappa shape index (κ2) is 58.7. The predicted molar refractivity (Wildman–Crippen MR) is 182 cm³/mol. The molecule has 0 atom stereocenters. The van der Waals surface area contributed by atoms with Gasteiger partial charge in [0.25, 0.3) is 0 Å². The van der Waals surface area contributed by atoms with Crippen molar-refractivity contribution in [2.24, 2.45) is 0 Å². The van der Waals surface area contributed by atoms with Crippen LogP contribution in [0.3, 0.4) is 0 Å². The molecule has 0 unspecified atom stereocenters. The number of hydrogen-bond acceptors (Lipinski definition) is 30. The van der Waals surface area contributed by atoms with Gasteiger partial charge in [0.15, 0.2) is 0 Å². The molecular formula is C30H36Ca4N6Na4O24. The molecule has 0 saturated heterocycles. The van der Waals surface area contributed by atoms with E-state index in [0.717, 1.165) is 29.4 Å². The van der Waals surface area contributed by atoms with Crippen LogP contribution < -0.4 is 180 Å². The zero-order valence-electron chi connectivity index (χ0n) is 38.0. The summed E-state index contributed by atoms with van der Waals surface area (Å²) in [6.45, 7) is -9.75. The summed E-state index contributed by atoms with van der Waals surface area (Å²) in [4.78, 5) is 130.